The molecule has 4 rings (SSSR count). The molecule has 1 aromatic rings. The monoisotopic (exact) mass is 551 g/mol. The summed E-state index contributed by atoms with van der Waals surface area (Å²) in [6, 6.07) is 4.31. The van der Waals surface area contributed by atoms with Gasteiger partial charge >= 0.3 is 0 Å². The van der Waals surface area contributed by atoms with Gasteiger partial charge in [-0.3, -0.25) is 14.4 Å². The number of rotatable bonds is 11. The highest BCUT2D eigenvalue weighted by molar-refractivity contribution is 6.06. The van der Waals surface area contributed by atoms with Crippen molar-refractivity contribution in [3.63, 3.8) is 0 Å². The summed E-state index contributed by atoms with van der Waals surface area (Å²) in [5.41, 5.74) is 0.610. The highest BCUT2D eigenvalue weighted by atomic mass is 16.5. The number of hydrogen-bond donors (Lipinski definition) is 1. The minimum Gasteiger partial charge on any atom is -0.394 e. The fourth-order valence-corrected chi connectivity index (χ4v) is 7.55. The van der Waals surface area contributed by atoms with Crippen molar-refractivity contribution in [2.24, 2.45) is 17.8 Å². The van der Waals surface area contributed by atoms with Crippen molar-refractivity contribution in [1.29, 1.82) is 0 Å². The number of para-hydroxylation sites is 1. The van der Waals surface area contributed by atoms with Crippen molar-refractivity contribution in [1.82, 2.24) is 9.80 Å². The SMILES string of the molecule is C=CCN(C)C(=O)[C@@H]1[C@H]2C(=O)N([C@@H](CO)CC(C)C)C(C(=O)N(CC=C)c3c(C)cccc3C)C23CC[C@@]1(C)O3. The summed E-state index contributed by atoms with van der Waals surface area (Å²) in [5.74, 6) is -2.11. The highest BCUT2D eigenvalue weighted by Crippen LogP contribution is 2.64. The largest absolute Gasteiger partial charge is 0.394 e. The summed E-state index contributed by atoms with van der Waals surface area (Å²) in [5, 5.41) is 10.6. The lowest BCUT2D eigenvalue weighted by Crippen LogP contribution is -2.59. The van der Waals surface area contributed by atoms with Crippen molar-refractivity contribution < 1.29 is 24.2 Å². The number of likely N-dealkylation sites (tertiary alicyclic amines) is 1. The molecule has 0 aliphatic carbocycles. The fraction of sp³-hybridized carbons (Fsp3) is 0.594. The predicted molar refractivity (Wildman–Crippen MR) is 156 cm³/mol. The van der Waals surface area contributed by atoms with Gasteiger partial charge in [-0.1, -0.05) is 44.2 Å². The molecule has 1 spiro atoms. The van der Waals surface area contributed by atoms with E-state index in [1.165, 1.54) is 0 Å². The Labute approximate surface area is 238 Å². The van der Waals surface area contributed by atoms with Crippen molar-refractivity contribution in [2.45, 2.75) is 77.2 Å². The van der Waals surface area contributed by atoms with Gasteiger partial charge in [0.1, 0.15) is 11.6 Å². The second kappa shape index (κ2) is 11.1. The number of aliphatic hydroxyl groups is 1. The van der Waals surface area contributed by atoms with Gasteiger partial charge in [0.05, 0.1) is 30.1 Å². The molecule has 2 bridgehead atoms. The van der Waals surface area contributed by atoms with E-state index in [0.29, 0.717) is 25.8 Å². The van der Waals surface area contributed by atoms with Crippen molar-refractivity contribution in [2.75, 3.05) is 31.6 Å². The number of hydrogen-bond acceptors (Lipinski definition) is 5. The molecule has 3 saturated heterocycles. The van der Waals surface area contributed by atoms with Crippen LogP contribution in [0.1, 0.15) is 51.2 Å². The van der Waals surface area contributed by atoms with E-state index in [0.717, 1.165) is 16.8 Å². The van der Waals surface area contributed by atoms with Crippen LogP contribution in [0.15, 0.2) is 43.5 Å². The number of nitrogens with zero attached hydrogens (tertiary/aromatic N) is 3. The van der Waals surface area contributed by atoms with Crippen LogP contribution in [0.5, 0.6) is 0 Å². The van der Waals surface area contributed by atoms with Gasteiger partial charge in [0.2, 0.25) is 11.8 Å². The smallest absolute Gasteiger partial charge is 0.253 e. The normalized spacial score (nSPS) is 29.4. The summed E-state index contributed by atoms with van der Waals surface area (Å²) in [7, 11) is 1.70. The average molecular weight is 552 g/mol. The number of likely N-dealkylation sites (N-methyl/N-ethyl adjacent to an activating group) is 1. The number of aryl methyl sites for hydroxylation is 2. The number of amides is 3. The summed E-state index contributed by atoms with van der Waals surface area (Å²) in [6.07, 6.45) is 4.90. The van der Waals surface area contributed by atoms with E-state index in [1.54, 1.807) is 33.9 Å². The lowest BCUT2D eigenvalue weighted by molar-refractivity contribution is -0.151. The first-order chi connectivity index (χ1) is 18.9. The van der Waals surface area contributed by atoms with Gasteiger partial charge in [0.15, 0.2) is 0 Å². The number of aliphatic hydroxyl groups excluding tert-OH is 1. The van der Waals surface area contributed by atoms with Crippen LogP contribution in [0.3, 0.4) is 0 Å². The summed E-state index contributed by atoms with van der Waals surface area (Å²) in [6.45, 7) is 17.9. The number of fused-ring (bicyclic) bond motifs is 1. The van der Waals surface area contributed by atoms with Gasteiger partial charge in [0.25, 0.3) is 5.91 Å². The lowest BCUT2D eigenvalue weighted by Gasteiger charge is -2.40. The van der Waals surface area contributed by atoms with Crippen molar-refractivity contribution in [3.8, 4) is 0 Å². The van der Waals surface area contributed by atoms with Gasteiger partial charge < -0.3 is 24.5 Å². The van der Waals surface area contributed by atoms with Gasteiger partial charge in [-0.15, -0.1) is 13.2 Å². The Morgan fingerprint density at radius 1 is 1.15 bits per heavy atom. The Balaban J connectivity index is 1.89. The van der Waals surface area contributed by atoms with E-state index >= 15 is 0 Å². The van der Waals surface area contributed by atoms with Crippen molar-refractivity contribution >= 4 is 23.4 Å². The lowest BCUT2D eigenvalue weighted by atomic mass is 9.66. The molecule has 6 atom stereocenters. The van der Waals surface area contributed by atoms with Gasteiger partial charge in [-0.25, -0.2) is 0 Å². The standard InChI is InChI=1S/C32H45N3O5/c1-9-16-33(8)28(37)24-25-29(38)35(23(19-36)18-20(3)4)27(32(25)15-14-31(24,7)40-32)30(39)34(17-10-2)26-21(5)12-11-13-22(26)6/h9-13,20,23-25,27,36H,1-2,14-19H2,3-8H3/t23-,24+,25+,27?,31-,32?/m1/s1. The molecule has 3 aliphatic heterocycles. The number of carbonyl (C=O) groups excluding carboxylic acids is 3. The van der Waals surface area contributed by atoms with E-state index < -0.39 is 35.1 Å². The van der Waals surface area contributed by atoms with Crippen LogP contribution in [0.2, 0.25) is 0 Å². The number of ether oxygens (including phenoxy) is 1. The number of carbonyl (C=O) groups is 3. The molecule has 8 nitrogen and oxygen atoms in total. The van der Waals surface area contributed by atoms with E-state index in [1.807, 2.05) is 52.8 Å². The Morgan fingerprint density at radius 2 is 1.77 bits per heavy atom. The fourth-order valence-electron chi connectivity index (χ4n) is 7.55. The molecule has 2 unspecified atom stereocenters. The molecule has 218 valence electrons. The second-order valence-corrected chi connectivity index (χ2v) is 12.4. The molecule has 3 aliphatic rings. The maximum Gasteiger partial charge on any atom is 0.253 e. The van der Waals surface area contributed by atoms with Gasteiger partial charge in [-0.05, 0) is 57.1 Å². The maximum absolute atomic E-state index is 14.9. The first-order valence-electron chi connectivity index (χ1n) is 14.4. The molecule has 3 fully saturated rings. The average Bonchev–Trinajstić information content (AvgIpc) is 3.46. The van der Waals surface area contributed by atoms with Gasteiger partial charge in [0, 0.05) is 25.8 Å². The summed E-state index contributed by atoms with van der Waals surface area (Å²) < 4.78 is 6.80. The molecule has 8 heteroatoms. The number of anilines is 1. The zero-order chi connectivity index (χ0) is 29.6. The van der Waals surface area contributed by atoms with Crippen LogP contribution in [-0.2, 0) is 19.1 Å². The van der Waals surface area contributed by atoms with Gasteiger partial charge in [-0.2, -0.15) is 0 Å². The zero-order valence-corrected chi connectivity index (χ0v) is 24.9. The molecule has 3 amide bonds. The van der Waals surface area contributed by atoms with E-state index in [4.69, 9.17) is 4.74 Å². The molecule has 0 radical (unpaired) electrons. The zero-order valence-electron chi connectivity index (χ0n) is 24.9. The molecule has 40 heavy (non-hydrogen) atoms. The second-order valence-electron chi connectivity index (χ2n) is 12.4. The summed E-state index contributed by atoms with van der Waals surface area (Å²) >= 11 is 0. The van der Waals surface area contributed by atoms with Crippen LogP contribution in [0, 0.1) is 31.6 Å². The Kier molecular flexibility index (Phi) is 8.35. The van der Waals surface area contributed by atoms with Crippen LogP contribution >= 0.6 is 0 Å². The highest BCUT2D eigenvalue weighted by Gasteiger charge is 2.78. The van der Waals surface area contributed by atoms with Crippen LogP contribution in [-0.4, -0.2) is 82.7 Å². The van der Waals surface area contributed by atoms with Crippen LogP contribution in [0.4, 0.5) is 5.69 Å². The summed E-state index contributed by atoms with van der Waals surface area (Å²) in [4.78, 5) is 48.1. The minimum atomic E-state index is -1.17. The van der Waals surface area contributed by atoms with E-state index in [9.17, 15) is 19.5 Å². The minimum absolute atomic E-state index is 0.174. The van der Waals surface area contributed by atoms with E-state index in [-0.39, 0.29) is 36.8 Å². The third kappa shape index (κ3) is 4.59. The Bertz CT molecular complexity index is 1180. The van der Waals surface area contributed by atoms with Crippen molar-refractivity contribution in [3.05, 3.63) is 54.6 Å². The molecule has 0 saturated carbocycles. The third-order valence-corrected chi connectivity index (χ3v) is 9.13. The topological polar surface area (TPSA) is 90.4 Å². The Morgan fingerprint density at radius 3 is 2.33 bits per heavy atom. The molecule has 1 aromatic carbocycles. The molecule has 3 heterocycles. The molecule has 1 N–H and O–H groups in total. The first kappa shape index (κ1) is 30.0. The molecular weight excluding hydrogens is 506 g/mol. The number of benzene rings is 1. The maximum atomic E-state index is 14.9. The first-order valence-corrected chi connectivity index (χ1v) is 14.4. The van der Waals surface area contributed by atoms with Crippen LogP contribution < -0.4 is 4.90 Å². The predicted octanol–water partition coefficient (Wildman–Crippen LogP) is 3.64. The van der Waals surface area contributed by atoms with Crippen LogP contribution in [0.25, 0.3) is 0 Å². The molecule has 0 aromatic heterocycles. The quantitative estimate of drug-likeness (QED) is 0.424. The Hall–Kier alpha value is -2.97. The molecular formula is C32H45N3O5. The third-order valence-electron chi connectivity index (χ3n) is 9.13. The van der Waals surface area contributed by atoms with E-state index in [2.05, 4.69) is 13.2 Å².